The van der Waals surface area contributed by atoms with Crippen LogP contribution >= 0.6 is 0 Å². The maximum atomic E-state index is 12.8. The predicted molar refractivity (Wildman–Crippen MR) is 94.3 cm³/mol. The van der Waals surface area contributed by atoms with Crippen LogP contribution in [0.5, 0.6) is 11.5 Å². The van der Waals surface area contributed by atoms with E-state index in [2.05, 4.69) is 10.6 Å². The van der Waals surface area contributed by atoms with Crippen molar-refractivity contribution < 1.29 is 19.0 Å². The zero-order chi connectivity index (χ0) is 18.2. The Labute approximate surface area is 146 Å². The summed E-state index contributed by atoms with van der Waals surface area (Å²) < 4.78 is 18.3. The number of aromatic hydroxyl groups is 1. The highest BCUT2D eigenvalue weighted by molar-refractivity contribution is 5.74. The molecule has 0 saturated heterocycles. The second kappa shape index (κ2) is 8.92. The third-order valence-electron chi connectivity index (χ3n) is 3.55. The van der Waals surface area contributed by atoms with Crippen LogP contribution in [0.3, 0.4) is 0 Å². The molecule has 0 aliphatic heterocycles. The number of carbonyl (C=O) groups is 1. The van der Waals surface area contributed by atoms with Crippen LogP contribution in [-0.2, 0) is 6.42 Å². The summed E-state index contributed by atoms with van der Waals surface area (Å²) in [6, 6.07) is 12.1. The summed E-state index contributed by atoms with van der Waals surface area (Å²) in [5.41, 5.74) is 1.03. The third-order valence-corrected chi connectivity index (χ3v) is 3.55. The van der Waals surface area contributed by atoms with Gasteiger partial charge in [0.15, 0.2) is 0 Å². The van der Waals surface area contributed by atoms with E-state index in [4.69, 9.17) is 4.74 Å². The summed E-state index contributed by atoms with van der Waals surface area (Å²) in [5, 5.41) is 14.9. The first-order valence-electron chi connectivity index (χ1n) is 8.15. The van der Waals surface area contributed by atoms with Gasteiger partial charge in [-0.25, -0.2) is 9.18 Å². The van der Waals surface area contributed by atoms with Gasteiger partial charge >= 0.3 is 6.03 Å². The van der Waals surface area contributed by atoms with E-state index in [1.165, 1.54) is 12.1 Å². The van der Waals surface area contributed by atoms with Crippen molar-refractivity contribution in [1.29, 1.82) is 0 Å². The summed E-state index contributed by atoms with van der Waals surface area (Å²) in [6.07, 6.45) is 0.661. The van der Waals surface area contributed by atoms with Crippen molar-refractivity contribution in [2.24, 2.45) is 0 Å². The molecular weight excluding hydrogens is 323 g/mol. The number of hydrogen-bond donors (Lipinski definition) is 3. The van der Waals surface area contributed by atoms with Crippen molar-refractivity contribution in [3.05, 3.63) is 59.9 Å². The van der Waals surface area contributed by atoms with Gasteiger partial charge in [-0.3, -0.25) is 0 Å². The first kappa shape index (κ1) is 18.6. The zero-order valence-corrected chi connectivity index (χ0v) is 14.3. The lowest BCUT2D eigenvalue weighted by Gasteiger charge is -2.19. The molecule has 0 fully saturated rings. The van der Waals surface area contributed by atoms with Crippen LogP contribution in [-0.4, -0.2) is 29.8 Å². The normalized spacial score (nSPS) is 12.9. The number of amides is 2. The molecule has 0 aromatic heterocycles. The Morgan fingerprint density at radius 3 is 2.28 bits per heavy atom. The van der Waals surface area contributed by atoms with Gasteiger partial charge in [0.25, 0.3) is 0 Å². The van der Waals surface area contributed by atoms with Crippen LogP contribution in [0.25, 0.3) is 0 Å². The van der Waals surface area contributed by atoms with Crippen molar-refractivity contribution >= 4 is 6.03 Å². The number of ether oxygens (including phenoxy) is 1. The van der Waals surface area contributed by atoms with E-state index < -0.39 is 0 Å². The quantitative estimate of drug-likeness (QED) is 0.721. The molecule has 5 nitrogen and oxygen atoms in total. The molecule has 2 rings (SSSR count). The first-order valence-corrected chi connectivity index (χ1v) is 8.15. The van der Waals surface area contributed by atoms with E-state index in [9.17, 15) is 14.3 Å². The van der Waals surface area contributed by atoms with Crippen LogP contribution in [0.1, 0.15) is 19.4 Å². The number of urea groups is 1. The number of benzene rings is 2. The monoisotopic (exact) mass is 346 g/mol. The lowest BCUT2D eigenvalue weighted by molar-refractivity contribution is 0.223. The van der Waals surface area contributed by atoms with Crippen molar-refractivity contribution in [3.8, 4) is 11.5 Å². The Hall–Kier alpha value is -2.76. The van der Waals surface area contributed by atoms with Gasteiger partial charge in [-0.15, -0.1) is 0 Å². The fraction of sp³-hybridized carbons (Fsp3) is 0.316. The Morgan fingerprint density at radius 2 is 1.64 bits per heavy atom. The number of hydrogen-bond acceptors (Lipinski definition) is 3. The maximum absolute atomic E-state index is 12.8. The van der Waals surface area contributed by atoms with Crippen LogP contribution in [0.2, 0.25) is 0 Å². The molecule has 25 heavy (non-hydrogen) atoms. The highest BCUT2D eigenvalue weighted by Gasteiger charge is 2.11. The van der Waals surface area contributed by atoms with Crippen molar-refractivity contribution in [3.63, 3.8) is 0 Å². The average molecular weight is 346 g/mol. The topological polar surface area (TPSA) is 70.6 Å². The summed E-state index contributed by atoms with van der Waals surface area (Å²) in [6.45, 7) is 4.02. The molecule has 6 heteroatoms. The van der Waals surface area contributed by atoms with Gasteiger partial charge in [-0.2, -0.15) is 0 Å². The molecule has 2 amide bonds. The van der Waals surface area contributed by atoms with Gasteiger partial charge in [-0.1, -0.05) is 12.1 Å². The van der Waals surface area contributed by atoms with E-state index in [0.29, 0.717) is 12.2 Å². The number of phenols is 1. The Morgan fingerprint density at radius 1 is 1.04 bits per heavy atom. The molecule has 0 bridgehead atoms. The number of nitrogens with one attached hydrogen (secondary N) is 2. The molecule has 2 atom stereocenters. The molecule has 0 heterocycles. The van der Waals surface area contributed by atoms with Gasteiger partial charge < -0.3 is 20.5 Å². The highest BCUT2D eigenvalue weighted by atomic mass is 19.1. The van der Waals surface area contributed by atoms with Crippen LogP contribution in [0, 0.1) is 5.82 Å². The SMILES string of the molecule is CC(COc1ccc(F)cc1)NC(=O)NC(C)Cc1ccc(O)cc1. The van der Waals surface area contributed by atoms with E-state index >= 15 is 0 Å². The largest absolute Gasteiger partial charge is 0.508 e. The molecule has 0 aliphatic carbocycles. The number of phenolic OH excluding ortho intramolecular Hbond substituents is 1. The smallest absolute Gasteiger partial charge is 0.315 e. The number of rotatable bonds is 7. The first-order chi connectivity index (χ1) is 11.9. The minimum Gasteiger partial charge on any atom is -0.508 e. The summed E-state index contributed by atoms with van der Waals surface area (Å²) in [5.74, 6) is 0.453. The summed E-state index contributed by atoms with van der Waals surface area (Å²) in [4.78, 5) is 12.0. The molecule has 2 aromatic carbocycles. The minimum atomic E-state index is -0.319. The van der Waals surface area contributed by atoms with E-state index in [1.54, 1.807) is 24.3 Å². The molecule has 0 radical (unpaired) electrons. The second-order valence-electron chi connectivity index (χ2n) is 6.06. The van der Waals surface area contributed by atoms with Crippen LogP contribution in [0.4, 0.5) is 9.18 Å². The minimum absolute atomic E-state index is 0.0604. The third kappa shape index (κ3) is 6.71. The highest BCUT2D eigenvalue weighted by Crippen LogP contribution is 2.12. The van der Waals surface area contributed by atoms with Crippen molar-refractivity contribution in [1.82, 2.24) is 10.6 Å². The Kier molecular flexibility index (Phi) is 6.62. The van der Waals surface area contributed by atoms with Gasteiger partial charge in [0.1, 0.15) is 23.9 Å². The maximum Gasteiger partial charge on any atom is 0.315 e. The number of carbonyl (C=O) groups excluding carboxylic acids is 1. The Bertz CT molecular complexity index is 674. The average Bonchev–Trinajstić information content (AvgIpc) is 2.56. The van der Waals surface area contributed by atoms with Gasteiger partial charge in [0.05, 0.1) is 6.04 Å². The molecular formula is C19H23FN2O3. The fourth-order valence-corrected chi connectivity index (χ4v) is 2.32. The molecule has 0 spiro atoms. The second-order valence-corrected chi connectivity index (χ2v) is 6.06. The predicted octanol–water partition coefficient (Wildman–Crippen LogP) is 3.23. The van der Waals surface area contributed by atoms with Crippen LogP contribution < -0.4 is 15.4 Å². The Balaban J connectivity index is 1.71. The van der Waals surface area contributed by atoms with Crippen LogP contribution in [0.15, 0.2) is 48.5 Å². The summed E-state index contributed by atoms with van der Waals surface area (Å²) in [7, 11) is 0. The van der Waals surface area contributed by atoms with Gasteiger partial charge in [-0.05, 0) is 62.2 Å². The molecule has 134 valence electrons. The lowest BCUT2D eigenvalue weighted by Crippen LogP contribution is -2.46. The van der Waals surface area contributed by atoms with Crippen molar-refractivity contribution in [2.75, 3.05) is 6.61 Å². The molecule has 3 N–H and O–H groups in total. The zero-order valence-electron chi connectivity index (χ0n) is 14.3. The summed E-state index contributed by atoms with van der Waals surface area (Å²) >= 11 is 0. The number of halogens is 1. The van der Waals surface area contributed by atoms with Gasteiger partial charge in [0, 0.05) is 6.04 Å². The molecule has 0 saturated carbocycles. The standard InChI is InChI=1S/C19H23FN2O3/c1-13(11-15-3-7-17(23)8-4-15)21-19(24)22-14(2)12-25-18-9-5-16(20)6-10-18/h3-10,13-14,23H,11-12H2,1-2H3,(H2,21,22,24). The van der Waals surface area contributed by atoms with Crippen molar-refractivity contribution in [2.45, 2.75) is 32.4 Å². The fourth-order valence-electron chi connectivity index (χ4n) is 2.32. The van der Waals surface area contributed by atoms with Gasteiger partial charge in [0.2, 0.25) is 0 Å². The molecule has 0 aliphatic rings. The molecule has 2 aromatic rings. The molecule has 2 unspecified atom stereocenters. The lowest BCUT2D eigenvalue weighted by atomic mass is 10.1. The van der Waals surface area contributed by atoms with E-state index in [-0.39, 0.29) is 36.3 Å². The van der Waals surface area contributed by atoms with E-state index in [1.807, 2.05) is 26.0 Å². The van der Waals surface area contributed by atoms with E-state index in [0.717, 1.165) is 5.56 Å².